The molecule has 0 spiro atoms. The van der Waals surface area contributed by atoms with E-state index in [1.165, 1.54) is 0 Å². The average molecular weight is 832 g/mol. The Morgan fingerprint density at radius 1 is 0.400 bits per heavy atom. The van der Waals surface area contributed by atoms with Crippen LogP contribution in [0.15, 0.2) is 224 Å². The highest BCUT2D eigenvalue weighted by molar-refractivity contribution is 6.11. The number of nitrogens with zero attached hydrogens (tertiary/aromatic N) is 5. The number of rotatable bonds is 7. The van der Waals surface area contributed by atoms with Crippen LogP contribution < -0.4 is 4.74 Å². The minimum atomic E-state index is -0.729. The first-order chi connectivity index (χ1) is 32.2. The molecule has 0 unspecified atom stereocenters. The number of aromatic nitrogens is 4. The Bertz CT molecular complexity index is 3520. The fourth-order valence-corrected chi connectivity index (χ4v) is 9.65. The van der Waals surface area contributed by atoms with Crippen molar-refractivity contribution in [2.75, 3.05) is 0 Å². The molecule has 0 radical (unpaired) electrons. The molecule has 11 aromatic rings. The number of ether oxygens (including phenoxy) is 1. The van der Waals surface area contributed by atoms with Gasteiger partial charge in [0.2, 0.25) is 0 Å². The third-order valence-electron chi connectivity index (χ3n) is 12.6. The number of benzene rings is 9. The summed E-state index contributed by atoms with van der Waals surface area (Å²) in [5.74, 6) is 3.21. The topological polar surface area (TPSA) is 76.6 Å². The Hall–Kier alpha value is -8.92. The lowest BCUT2D eigenvalue weighted by Gasteiger charge is -2.41. The van der Waals surface area contributed by atoms with E-state index in [1.54, 1.807) is 0 Å². The van der Waals surface area contributed by atoms with Gasteiger partial charge in [-0.25, -0.2) is 15.0 Å². The molecule has 0 amide bonds. The molecule has 304 valence electrons. The van der Waals surface area contributed by atoms with Crippen molar-refractivity contribution in [1.29, 1.82) is 5.26 Å². The van der Waals surface area contributed by atoms with Gasteiger partial charge >= 0.3 is 0 Å². The third-order valence-corrected chi connectivity index (χ3v) is 12.6. The fraction of sp³-hybridized carbons (Fsp3) is 0.0169. The summed E-state index contributed by atoms with van der Waals surface area (Å²) in [5.41, 5.74) is 12.0. The standard InChI is InChI=1S/C59H37N5O/c60-38-39-26-32-52-48(34-39)49-35-42(29-33-53(49)64(52)47-24-14-5-15-25-47)43-27-30-50-54(36-43)65-55-37-44(28-31-51(55)59(50,45-20-10-3-11-21-45)46-22-12-4-13-23-46)58-62-56(40-16-6-1-7-17-40)61-57(63-58)41-18-8-2-9-19-41/h1-37H. The van der Waals surface area contributed by atoms with Crippen LogP contribution in [0.2, 0.25) is 0 Å². The quantitative estimate of drug-likeness (QED) is 0.160. The lowest BCUT2D eigenvalue weighted by atomic mass is 9.63. The summed E-state index contributed by atoms with van der Waals surface area (Å²) >= 11 is 0. The van der Waals surface area contributed by atoms with Gasteiger partial charge in [0.05, 0.1) is 28.1 Å². The van der Waals surface area contributed by atoms with Gasteiger partial charge in [-0.2, -0.15) is 5.26 Å². The molecule has 0 saturated carbocycles. The number of hydrogen-bond acceptors (Lipinski definition) is 5. The van der Waals surface area contributed by atoms with Crippen molar-refractivity contribution in [3.05, 3.63) is 252 Å². The largest absolute Gasteiger partial charge is 0.457 e. The lowest BCUT2D eigenvalue weighted by molar-refractivity contribution is 0.435. The van der Waals surface area contributed by atoms with Gasteiger partial charge < -0.3 is 9.30 Å². The molecule has 0 N–H and O–H groups in total. The van der Waals surface area contributed by atoms with E-state index in [-0.39, 0.29) is 0 Å². The first-order valence-electron chi connectivity index (χ1n) is 21.6. The normalized spacial score (nSPS) is 12.5. The van der Waals surface area contributed by atoms with E-state index in [2.05, 4.69) is 150 Å². The van der Waals surface area contributed by atoms with Crippen molar-refractivity contribution in [2.24, 2.45) is 0 Å². The van der Waals surface area contributed by atoms with Gasteiger partial charge in [-0.3, -0.25) is 0 Å². The van der Waals surface area contributed by atoms with Crippen molar-refractivity contribution in [3.63, 3.8) is 0 Å². The summed E-state index contributed by atoms with van der Waals surface area (Å²) in [6.45, 7) is 0. The molecule has 2 aromatic heterocycles. The smallest absolute Gasteiger partial charge is 0.164 e. The van der Waals surface area contributed by atoms with Crippen LogP contribution in [0.25, 0.3) is 72.8 Å². The van der Waals surface area contributed by atoms with E-state index in [0.29, 0.717) is 28.8 Å². The van der Waals surface area contributed by atoms with Crippen LogP contribution in [0.5, 0.6) is 11.5 Å². The molecule has 1 aliphatic rings. The van der Waals surface area contributed by atoms with Gasteiger partial charge in [-0.1, -0.05) is 170 Å². The summed E-state index contributed by atoms with van der Waals surface area (Å²) in [7, 11) is 0. The van der Waals surface area contributed by atoms with Crippen molar-refractivity contribution in [2.45, 2.75) is 5.41 Å². The van der Waals surface area contributed by atoms with Gasteiger partial charge in [-0.05, 0) is 76.9 Å². The summed E-state index contributed by atoms with van der Waals surface area (Å²) in [5, 5.41) is 12.0. The Labute approximate surface area is 376 Å². The molecule has 0 fully saturated rings. The molecular formula is C59H37N5O. The van der Waals surface area contributed by atoms with Gasteiger partial charge in [0.1, 0.15) is 11.5 Å². The second-order valence-corrected chi connectivity index (χ2v) is 16.3. The molecule has 6 heteroatoms. The number of hydrogen-bond donors (Lipinski definition) is 0. The van der Waals surface area contributed by atoms with E-state index >= 15 is 0 Å². The second kappa shape index (κ2) is 15.5. The molecule has 65 heavy (non-hydrogen) atoms. The molecule has 0 atom stereocenters. The van der Waals surface area contributed by atoms with E-state index in [9.17, 15) is 5.26 Å². The van der Waals surface area contributed by atoms with Gasteiger partial charge in [0, 0.05) is 44.3 Å². The minimum Gasteiger partial charge on any atom is -0.457 e. The summed E-state index contributed by atoms with van der Waals surface area (Å²) in [4.78, 5) is 15.1. The number of fused-ring (bicyclic) bond motifs is 5. The highest BCUT2D eigenvalue weighted by atomic mass is 16.5. The Kier molecular flexibility index (Phi) is 8.99. The average Bonchev–Trinajstić information content (AvgIpc) is 3.71. The number of para-hydroxylation sites is 1. The molecular weight excluding hydrogens is 795 g/mol. The maximum atomic E-state index is 9.94. The Morgan fingerprint density at radius 3 is 1.38 bits per heavy atom. The monoisotopic (exact) mass is 831 g/mol. The first kappa shape index (κ1) is 37.8. The molecule has 0 bridgehead atoms. The summed E-state index contributed by atoms with van der Waals surface area (Å²) in [6.07, 6.45) is 0. The molecule has 0 aliphatic carbocycles. The van der Waals surface area contributed by atoms with Crippen LogP contribution in [0.3, 0.4) is 0 Å². The van der Waals surface area contributed by atoms with E-state index in [0.717, 1.165) is 83.3 Å². The van der Waals surface area contributed by atoms with Crippen LogP contribution in [0.4, 0.5) is 0 Å². The van der Waals surface area contributed by atoms with Gasteiger partial charge in [-0.15, -0.1) is 0 Å². The maximum absolute atomic E-state index is 9.94. The molecule has 9 aromatic carbocycles. The van der Waals surface area contributed by atoms with Crippen LogP contribution in [0, 0.1) is 11.3 Å². The van der Waals surface area contributed by atoms with Crippen molar-refractivity contribution in [1.82, 2.24) is 19.5 Å². The summed E-state index contributed by atoms with van der Waals surface area (Å²) < 4.78 is 9.44. The van der Waals surface area contributed by atoms with Crippen molar-refractivity contribution >= 4 is 21.8 Å². The van der Waals surface area contributed by atoms with Crippen LogP contribution in [0.1, 0.15) is 27.8 Å². The van der Waals surface area contributed by atoms with Crippen molar-refractivity contribution in [3.8, 4) is 68.5 Å². The van der Waals surface area contributed by atoms with Crippen LogP contribution in [-0.4, -0.2) is 19.5 Å². The molecule has 12 rings (SSSR count). The van der Waals surface area contributed by atoms with Gasteiger partial charge in [0.25, 0.3) is 0 Å². The van der Waals surface area contributed by atoms with Crippen LogP contribution in [-0.2, 0) is 5.41 Å². The predicted molar refractivity (Wildman–Crippen MR) is 259 cm³/mol. The summed E-state index contributed by atoms with van der Waals surface area (Å²) in [6, 6.07) is 79.8. The number of nitriles is 1. The predicted octanol–water partition coefficient (Wildman–Crippen LogP) is 14.0. The highest BCUT2D eigenvalue weighted by Gasteiger charge is 2.45. The second-order valence-electron chi connectivity index (χ2n) is 16.3. The van der Waals surface area contributed by atoms with Gasteiger partial charge in [0.15, 0.2) is 17.5 Å². The molecule has 0 saturated heterocycles. The molecule has 6 nitrogen and oxygen atoms in total. The first-order valence-corrected chi connectivity index (χ1v) is 21.6. The van der Waals surface area contributed by atoms with Crippen LogP contribution >= 0.6 is 0 Å². The molecule has 1 aliphatic heterocycles. The zero-order chi connectivity index (χ0) is 43.3. The fourth-order valence-electron chi connectivity index (χ4n) is 9.65. The minimum absolute atomic E-state index is 0.552. The maximum Gasteiger partial charge on any atom is 0.164 e. The SMILES string of the molecule is N#Cc1ccc2c(c1)c1cc(-c3ccc4c(c3)Oc3cc(-c5nc(-c6ccccc6)nc(-c6ccccc6)n5)ccc3C4(c3ccccc3)c3ccccc3)ccc1n2-c1ccccc1. The Balaban J connectivity index is 1.06. The van der Waals surface area contributed by atoms with E-state index < -0.39 is 5.41 Å². The zero-order valence-electron chi connectivity index (χ0n) is 35.0. The van der Waals surface area contributed by atoms with Crippen molar-refractivity contribution < 1.29 is 4.74 Å². The Morgan fingerprint density at radius 2 is 0.831 bits per heavy atom. The van der Waals surface area contributed by atoms with E-state index in [4.69, 9.17) is 19.7 Å². The highest BCUT2D eigenvalue weighted by Crippen LogP contribution is 2.56. The lowest BCUT2D eigenvalue weighted by Crippen LogP contribution is -2.34. The molecule has 3 heterocycles. The third kappa shape index (κ3) is 6.29. The zero-order valence-corrected chi connectivity index (χ0v) is 35.0. The van der Waals surface area contributed by atoms with E-state index in [1.807, 2.05) is 84.9 Å².